The molecule has 0 saturated carbocycles. The van der Waals surface area contributed by atoms with Crippen LogP contribution in [0.2, 0.25) is 0 Å². The van der Waals surface area contributed by atoms with E-state index < -0.39 is 0 Å². The maximum absolute atomic E-state index is 11.0. The van der Waals surface area contributed by atoms with Crippen LogP contribution in [-0.2, 0) is 0 Å². The van der Waals surface area contributed by atoms with Gasteiger partial charge in [-0.05, 0) is 25.1 Å². The number of nitrogens with zero attached hydrogens (tertiary/aromatic N) is 1. The van der Waals surface area contributed by atoms with Crippen LogP contribution in [0.15, 0.2) is 18.2 Å². The molecule has 0 radical (unpaired) electrons. The Kier molecular flexibility index (Phi) is 2.56. The van der Waals surface area contributed by atoms with E-state index in [0.717, 1.165) is 0 Å². The zero-order valence-corrected chi connectivity index (χ0v) is 7.07. The monoisotopic (exact) mass is 173 g/mol. The van der Waals surface area contributed by atoms with Gasteiger partial charge >= 0.3 is 0 Å². The Morgan fingerprint density at radius 2 is 2.15 bits per heavy atom. The van der Waals surface area contributed by atoms with Crippen LogP contribution in [0.1, 0.15) is 33.2 Å². The van der Waals surface area contributed by atoms with Crippen LogP contribution in [0, 0.1) is 11.3 Å². The average Bonchev–Trinajstić information content (AvgIpc) is 2.16. The predicted molar refractivity (Wildman–Crippen MR) is 46.5 cm³/mol. The summed E-state index contributed by atoms with van der Waals surface area (Å²) in [6.45, 7) is 1.39. The highest BCUT2D eigenvalue weighted by molar-refractivity contribution is 5.96. The van der Waals surface area contributed by atoms with Gasteiger partial charge in [0.1, 0.15) is 6.29 Å². The number of carbonyl (C=O) groups is 2. The van der Waals surface area contributed by atoms with Crippen molar-refractivity contribution in [3.63, 3.8) is 0 Å². The SMILES string of the molecule is CC(=O)c1cc(C#N)cc(C=O)c1. The van der Waals surface area contributed by atoms with Gasteiger partial charge in [-0.1, -0.05) is 0 Å². The van der Waals surface area contributed by atoms with Crippen LogP contribution in [0.3, 0.4) is 0 Å². The van der Waals surface area contributed by atoms with Crippen molar-refractivity contribution < 1.29 is 9.59 Å². The first-order valence-corrected chi connectivity index (χ1v) is 3.68. The molecule has 0 aliphatic carbocycles. The molecule has 0 atom stereocenters. The fourth-order valence-electron chi connectivity index (χ4n) is 0.988. The fourth-order valence-corrected chi connectivity index (χ4v) is 0.988. The molecule has 3 heteroatoms. The van der Waals surface area contributed by atoms with Crippen molar-refractivity contribution in [1.82, 2.24) is 0 Å². The van der Waals surface area contributed by atoms with Crippen LogP contribution in [0.4, 0.5) is 0 Å². The summed E-state index contributed by atoms with van der Waals surface area (Å²) in [4.78, 5) is 21.4. The molecule has 0 N–H and O–H groups in total. The Morgan fingerprint density at radius 1 is 1.46 bits per heavy atom. The number of hydrogen-bond acceptors (Lipinski definition) is 3. The summed E-state index contributed by atoms with van der Waals surface area (Å²) in [6, 6.07) is 6.27. The lowest BCUT2D eigenvalue weighted by atomic mass is 10.0. The van der Waals surface area contributed by atoms with Gasteiger partial charge in [-0.25, -0.2) is 0 Å². The van der Waals surface area contributed by atoms with Gasteiger partial charge in [0.2, 0.25) is 0 Å². The van der Waals surface area contributed by atoms with Crippen molar-refractivity contribution in [2.45, 2.75) is 6.92 Å². The largest absolute Gasteiger partial charge is 0.298 e. The summed E-state index contributed by atoms with van der Waals surface area (Å²) in [5.41, 5.74) is 1.07. The number of aldehydes is 1. The predicted octanol–water partition coefficient (Wildman–Crippen LogP) is 1.57. The van der Waals surface area contributed by atoms with Gasteiger partial charge in [0.25, 0.3) is 0 Å². The molecule has 3 nitrogen and oxygen atoms in total. The number of carbonyl (C=O) groups excluding carboxylic acids is 2. The van der Waals surface area contributed by atoms with Gasteiger partial charge in [-0.15, -0.1) is 0 Å². The zero-order chi connectivity index (χ0) is 9.84. The zero-order valence-electron chi connectivity index (χ0n) is 7.07. The number of nitriles is 1. The van der Waals surface area contributed by atoms with Gasteiger partial charge < -0.3 is 0 Å². The third-order valence-corrected chi connectivity index (χ3v) is 1.63. The molecule has 0 aliphatic heterocycles. The van der Waals surface area contributed by atoms with Gasteiger partial charge in [0.05, 0.1) is 11.6 Å². The van der Waals surface area contributed by atoms with E-state index in [9.17, 15) is 9.59 Å². The molecule has 1 aromatic rings. The Balaban J connectivity index is 3.32. The van der Waals surface area contributed by atoms with Crippen LogP contribution in [0.25, 0.3) is 0 Å². The van der Waals surface area contributed by atoms with Crippen molar-refractivity contribution in [3.05, 3.63) is 34.9 Å². The number of Topliss-reactive ketones (excluding diaryl/α,β-unsaturated/α-hetero) is 1. The van der Waals surface area contributed by atoms with E-state index in [1.807, 2.05) is 6.07 Å². The normalized spacial score (nSPS) is 8.92. The molecule has 64 valence electrons. The minimum Gasteiger partial charge on any atom is -0.298 e. The molecule has 1 aromatic carbocycles. The van der Waals surface area contributed by atoms with Gasteiger partial charge in [0.15, 0.2) is 5.78 Å². The Hall–Kier alpha value is -1.95. The summed E-state index contributed by atoms with van der Waals surface area (Å²) in [7, 11) is 0. The molecule has 0 spiro atoms. The molecule has 0 bridgehead atoms. The minimum atomic E-state index is -0.153. The molecule has 0 amide bonds. The minimum absolute atomic E-state index is 0.153. The van der Waals surface area contributed by atoms with Crippen LogP contribution >= 0.6 is 0 Å². The first kappa shape index (κ1) is 9.14. The summed E-state index contributed by atoms with van der Waals surface area (Å²) < 4.78 is 0. The number of benzene rings is 1. The second-order valence-corrected chi connectivity index (χ2v) is 2.63. The lowest BCUT2D eigenvalue weighted by Crippen LogP contribution is -1.95. The Morgan fingerprint density at radius 3 is 2.62 bits per heavy atom. The Bertz CT molecular complexity index is 402. The van der Waals surface area contributed by atoms with Gasteiger partial charge in [0, 0.05) is 11.1 Å². The maximum atomic E-state index is 11.0. The first-order chi connectivity index (χ1) is 6.17. The Labute approximate surface area is 75.6 Å². The van der Waals surface area contributed by atoms with E-state index in [2.05, 4.69) is 0 Å². The molecule has 1 rings (SSSR count). The van der Waals surface area contributed by atoms with Crippen molar-refractivity contribution in [1.29, 1.82) is 5.26 Å². The lowest BCUT2D eigenvalue weighted by Gasteiger charge is -1.97. The van der Waals surface area contributed by atoms with Crippen LogP contribution in [0.5, 0.6) is 0 Å². The highest BCUT2D eigenvalue weighted by Gasteiger charge is 2.03. The first-order valence-electron chi connectivity index (χ1n) is 3.68. The van der Waals surface area contributed by atoms with Crippen molar-refractivity contribution in [2.24, 2.45) is 0 Å². The molecular formula is C10H7NO2. The second-order valence-electron chi connectivity index (χ2n) is 2.63. The van der Waals surface area contributed by atoms with Gasteiger partial charge in [-0.2, -0.15) is 5.26 Å². The molecule has 13 heavy (non-hydrogen) atoms. The molecule has 0 aromatic heterocycles. The summed E-state index contributed by atoms with van der Waals surface area (Å²) in [5, 5.41) is 8.59. The topological polar surface area (TPSA) is 57.9 Å². The lowest BCUT2D eigenvalue weighted by molar-refractivity contribution is 0.101. The van der Waals surface area contributed by atoms with E-state index in [4.69, 9.17) is 5.26 Å². The van der Waals surface area contributed by atoms with E-state index in [1.54, 1.807) is 0 Å². The molecule has 0 fully saturated rings. The van der Waals surface area contributed by atoms with Crippen molar-refractivity contribution in [2.75, 3.05) is 0 Å². The van der Waals surface area contributed by atoms with E-state index in [-0.39, 0.29) is 5.78 Å². The quantitative estimate of drug-likeness (QED) is 0.503. The molecule has 0 saturated heterocycles. The van der Waals surface area contributed by atoms with E-state index in [0.29, 0.717) is 23.0 Å². The standard InChI is InChI=1S/C10H7NO2/c1-7(13)10-3-8(5-11)2-9(4-10)6-12/h2-4,6H,1H3. The molecule has 0 unspecified atom stereocenters. The van der Waals surface area contributed by atoms with Crippen molar-refractivity contribution >= 4 is 12.1 Å². The summed E-state index contributed by atoms with van der Waals surface area (Å²) in [5.74, 6) is -0.153. The van der Waals surface area contributed by atoms with Gasteiger partial charge in [-0.3, -0.25) is 9.59 Å². The van der Waals surface area contributed by atoms with Crippen molar-refractivity contribution in [3.8, 4) is 6.07 Å². The van der Waals surface area contributed by atoms with Crippen LogP contribution < -0.4 is 0 Å². The third kappa shape index (κ3) is 2.00. The van der Waals surface area contributed by atoms with Crippen LogP contribution in [-0.4, -0.2) is 12.1 Å². The highest BCUT2D eigenvalue weighted by Crippen LogP contribution is 2.08. The highest BCUT2D eigenvalue weighted by atomic mass is 16.1. The third-order valence-electron chi connectivity index (χ3n) is 1.63. The average molecular weight is 173 g/mol. The smallest absolute Gasteiger partial charge is 0.159 e. The molecule has 0 heterocycles. The summed E-state index contributed by atoms with van der Waals surface area (Å²) >= 11 is 0. The molecular weight excluding hydrogens is 166 g/mol. The van der Waals surface area contributed by atoms with E-state index in [1.165, 1.54) is 25.1 Å². The fraction of sp³-hybridized carbons (Fsp3) is 0.100. The van der Waals surface area contributed by atoms with E-state index >= 15 is 0 Å². The maximum Gasteiger partial charge on any atom is 0.159 e. The summed E-state index contributed by atoms with van der Waals surface area (Å²) in [6.07, 6.45) is 0.618. The number of hydrogen-bond donors (Lipinski definition) is 0. The number of rotatable bonds is 2. The molecule has 0 aliphatic rings. The second kappa shape index (κ2) is 3.63. The number of ketones is 1.